The lowest BCUT2D eigenvalue weighted by molar-refractivity contribution is 0.102. The van der Waals surface area contributed by atoms with Crippen molar-refractivity contribution in [2.24, 2.45) is 0 Å². The molecule has 132 valence electrons. The van der Waals surface area contributed by atoms with E-state index >= 15 is 0 Å². The van der Waals surface area contributed by atoms with Crippen molar-refractivity contribution >= 4 is 23.2 Å². The topological polar surface area (TPSA) is 76.1 Å². The first-order valence-electron chi connectivity index (χ1n) is 8.37. The second-order valence-corrected chi connectivity index (χ2v) is 5.63. The number of benzene rings is 2. The van der Waals surface area contributed by atoms with Gasteiger partial charge in [-0.25, -0.2) is 0 Å². The molecule has 0 spiro atoms. The summed E-state index contributed by atoms with van der Waals surface area (Å²) in [7, 11) is 0. The summed E-state index contributed by atoms with van der Waals surface area (Å²) in [4.78, 5) is 12.3. The number of hydrogen-bond donors (Lipinski definition) is 2. The average molecular weight is 348 g/mol. The fraction of sp³-hybridized carbons (Fsp3) is 0.150. The highest BCUT2D eigenvalue weighted by molar-refractivity contribution is 6.04. The lowest BCUT2D eigenvalue weighted by Gasteiger charge is -2.11. The molecule has 2 aromatic carbocycles. The minimum Gasteiger partial charge on any atom is -0.492 e. The van der Waals surface area contributed by atoms with E-state index in [0.717, 1.165) is 17.0 Å². The maximum absolute atomic E-state index is 12.3. The number of nitrogens with one attached hydrogen (secondary N) is 2. The number of anilines is 3. The zero-order valence-corrected chi connectivity index (χ0v) is 14.7. The van der Waals surface area contributed by atoms with Crippen molar-refractivity contribution in [3.05, 3.63) is 71.8 Å². The van der Waals surface area contributed by atoms with Crippen molar-refractivity contribution in [3.63, 3.8) is 0 Å². The average Bonchev–Trinajstić information content (AvgIpc) is 2.65. The third kappa shape index (κ3) is 4.16. The normalized spacial score (nSPS) is 10.2. The lowest BCUT2D eigenvalue weighted by atomic mass is 10.1. The standard InChI is InChI=1S/C20H20N4O2/c1-3-26-17-11-7-6-10-16(17)21-18-12-13-19(24-23-18)22-20(25)15-9-5-4-8-14(15)2/h4-13H,3H2,1-2H3,(H,21,23)(H,22,24,25). The number of rotatable bonds is 6. The fourth-order valence-corrected chi connectivity index (χ4v) is 2.47. The Morgan fingerprint density at radius 1 is 0.962 bits per heavy atom. The molecular weight excluding hydrogens is 328 g/mol. The minimum atomic E-state index is -0.209. The van der Waals surface area contributed by atoms with E-state index in [4.69, 9.17) is 4.74 Å². The van der Waals surface area contributed by atoms with Crippen LogP contribution in [-0.2, 0) is 0 Å². The summed E-state index contributed by atoms with van der Waals surface area (Å²) in [5, 5.41) is 14.1. The molecule has 0 saturated heterocycles. The molecule has 26 heavy (non-hydrogen) atoms. The molecule has 0 radical (unpaired) electrons. The highest BCUT2D eigenvalue weighted by atomic mass is 16.5. The van der Waals surface area contributed by atoms with Gasteiger partial charge < -0.3 is 15.4 Å². The van der Waals surface area contributed by atoms with Crippen molar-refractivity contribution in [1.29, 1.82) is 0 Å². The van der Waals surface area contributed by atoms with Gasteiger partial charge in [-0.15, -0.1) is 10.2 Å². The van der Waals surface area contributed by atoms with E-state index in [0.29, 0.717) is 23.8 Å². The second kappa shape index (κ2) is 8.11. The molecule has 3 rings (SSSR count). The van der Waals surface area contributed by atoms with Crippen molar-refractivity contribution in [1.82, 2.24) is 10.2 Å². The van der Waals surface area contributed by atoms with Gasteiger partial charge in [0.25, 0.3) is 5.91 Å². The number of carbonyl (C=O) groups excluding carboxylic acids is 1. The summed E-state index contributed by atoms with van der Waals surface area (Å²) in [6, 6.07) is 18.5. The van der Waals surface area contributed by atoms with Crippen LogP contribution >= 0.6 is 0 Å². The molecule has 6 nitrogen and oxygen atoms in total. The van der Waals surface area contributed by atoms with E-state index in [1.54, 1.807) is 18.2 Å². The molecule has 0 unspecified atom stereocenters. The predicted octanol–water partition coefficient (Wildman–Crippen LogP) is 4.18. The summed E-state index contributed by atoms with van der Waals surface area (Å²) in [5.74, 6) is 1.49. The first-order chi connectivity index (χ1) is 12.7. The molecule has 2 N–H and O–H groups in total. The van der Waals surface area contributed by atoms with Gasteiger partial charge >= 0.3 is 0 Å². The van der Waals surface area contributed by atoms with E-state index < -0.39 is 0 Å². The Morgan fingerprint density at radius 2 is 1.65 bits per heavy atom. The molecule has 6 heteroatoms. The fourth-order valence-electron chi connectivity index (χ4n) is 2.47. The molecule has 0 saturated carbocycles. The van der Waals surface area contributed by atoms with Gasteiger partial charge in [0, 0.05) is 5.56 Å². The van der Waals surface area contributed by atoms with Crippen LogP contribution in [0.2, 0.25) is 0 Å². The number of amides is 1. The van der Waals surface area contributed by atoms with Crippen LogP contribution < -0.4 is 15.4 Å². The maximum Gasteiger partial charge on any atom is 0.257 e. The van der Waals surface area contributed by atoms with E-state index in [9.17, 15) is 4.79 Å². The van der Waals surface area contributed by atoms with Crippen molar-refractivity contribution in [3.8, 4) is 5.75 Å². The van der Waals surface area contributed by atoms with Gasteiger partial charge in [-0.05, 0) is 49.7 Å². The van der Waals surface area contributed by atoms with Crippen molar-refractivity contribution < 1.29 is 9.53 Å². The zero-order chi connectivity index (χ0) is 18.4. The van der Waals surface area contributed by atoms with Crippen LogP contribution in [0.5, 0.6) is 5.75 Å². The molecule has 0 aliphatic heterocycles. The SMILES string of the molecule is CCOc1ccccc1Nc1ccc(NC(=O)c2ccccc2C)nn1. The number of nitrogens with zero attached hydrogens (tertiary/aromatic N) is 2. The van der Waals surface area contributed by atoms with Crippen LogP contribution in [0.1, 0.15) is 22.8 Å². The number of para-hydroxylation sites is 2. The predicted molar refractivity (Wildman–Crippen MR) is 102 cm³/mol. The quantitative estimate of drug-likeness (QED) is 0.699. The molecule has 3 aromatic rings. The van der Waals surface area contributed by atoms with Crippen LogP contribution in [0.15, 0.2) is 60.7 Å². The summed E-state index contributed by atoms with van der Waals surface area (Å²) < 4.78 is 5.58. The van der Waals surface area contributed by atoms with Crippen LogP contribution in [0.4, 0.5) is 17.3 Å². The zero-order valence-electron chi connectivity index (χ0n) is 14.7. The molecular formula is C20H20N4O2. The van der Waals surface area contributed by atoms with Gasteiger partial charge in [-0.2, -0.15) is 0 Å². The van der Waals surface area contributed by atoms with Crippen LogP contribution in [0.25, 0.3) is 0 Å². The van der Waals surface area contributed by atoms with E-state index in [1.807, 2.05) is 56.3 Å². The summed E-state index contributed by atoms with van der Waals surface area (Å²) in [6.45, 7) is 4.40. The number of hydrogen-bond acceptors (Lipinski definition) is 5. The van der Waals surface area contributed by atoms with Gasteiger partial charge in [0.2, 0.25) is 0 Å². The Labute approximate surface area is 152 Å². The third-order valence-corrected chi connectivity index (χ3v) is 3.75. The van der Waals surface area contributed by atoms with Gasteiger partial charge in [-0.1, -0.05) is 30.3 Å². The van der Waals surface area contributed by atoms with Crippen LogP contribution in [-0.4, -0.2) is 22.7 Å². The number of aromatic nitrogens is 2. The summed E-state index contributed by atoms with van der Waals surface area (Å²) in [5.41, 5.74) is 2.33. The highest BCUT2D eigenvalue weighted by Crippen LogP contribution is 2.26. The molecule has 0 aliphatic rings. The molecule has 1 amide bonds. The molecule has 1 heterocycles. The van der Waals surface area contributed by atoms with Gasteiger partial charge in [0.05, 0.1) is 12.3 Å². The molecule has 0 atom stereocenters. The lowest BCUT2D eigenvalue weighted by Crippen LogP contribution is -2.14. The maximum atomic E-state index is 12.3. The molecule has 0 bridgehead atoms. The van der Waals surface area contributed by atoms with Gasteiger partial charge in [0.15, 0.2) is 11.6 Å². The van der Waals surface area contributed by atoms with E-state index in [1.165, 1.54) is 0 Å². The first kappa shape index (κ1) is 17.4. The van der Waals surface area contributed by atoms with E-state index in [2.05, 4.69) is 20.8 Å². The summed E-state index contributed by atoms with van der Waals surface area (Å²) >= 11 is 0. The highest BCUT2D eigenvalue weighted by Gasteiger charge is 2.10. The largest absolute Gasteiger partial charge is 0.492 e. The second-order valence-electron chi connectivity index (χ2n) is 5.63. The van der Waals surface area contributed by atoms with Crippen LogP contribution in [0, 0.1) is 6.92 Å². The first-order valence-corrected chi connectivity index (χ1v) is 8.37. The van der Waals surface area contributed by atoms with Crippen molar-refractivity contribution in [2.75, 3.05) is 17.2 Å². The Balaban J connectivity index is 1.69. The Bertz CT molecular complexity index is 894. The molecule has 1 aromatic heterocycles. The Kier molecular flexibility index (Phi) is 5.43. The van der Waals surface area contributed by atoms with Crippen molar-refractivity contribution in [2.45, 2.75) is 13.8 Å². The van der Waals surface area contributed by atoms with Gasteiger partial charge in [-0.3, -0.25) is 4.79 Å². The number of ether oxygens (including phenoxy) is 1. The van der Waals surface area contributed by atoms with Gasteiger partial charge in [0.1, 0.15) is 5.75 Å². The Morgan fingerprint density at radius 3 is 2.38 bits per heavy atom. The Hall–Kier alpha value is -3.41. The smallest absolute Gasteiger partial charge is 0.257 e. The molecule has 0 fully saturated rings. The molecule has 0 aliphatic carbocycles. The number of carbonyl (C=O) groups is 1. The summed E-state index contributed by atoms with van der Waals surface area (Å²) in [6.07, 6.45) is 0. The van der Waals surface area contributed by atoms with E-state index in [-0.39, 0.29) is 5.91 Å². The van der Waals surface area contributed by atoms with Crippen LogP contribution in [0.3, 0.4) is 0 Å². The minimum absolute atomic E-state index is 0.209. The number of aryl methyl sites for hydroxylation is 1. The monoisotopic (exact) mass is 348 g/mol. The third-order valence-electron chi connectivity index (χ3n) is 3.75.